The number of rotatable bonds is 3. The Morgan fingerprint density at radius 3 is 2.88 bits per heavy atom. The molecule has 0 aliphatic heterocycles. The molecule has 2 aromatic rings. The van der Waals surface area contributed by atoms with E-state index < -0.39 is 5.97 Å². The molecule has 0 saturated heterocycles. The lowest BCUT2D eigenvalue weighted by molar-refractivity contribution is 0.0696. The zero-order valence-electron chi connectivity index (χ0n) is 8.50. The second kappa shape index (κ2) is 4.06. The van der Waals surface area contributed by atoms with Gasteiger partial charge >= 0.3 is 5.97 Å². The van der Waals surface area contributed by atoms with Crippen molar-refractivity contribution in [3.05, 3.63) is 47.8 Å². The number of nitrogen functional groups attached to an aromatic ring is 1. The SMILES string of the molecule is Nc1cccc(Cn2cccn2)c1C(=O)O. The standard InChI is InChI=1S/C11H11N3O2/c12-9-4-1-3-8(10(9)11(15)16)7-14-6-2-5-13-14/h1-6H,7,12H2,(H,15,16). The summed E-state index contributed by atoms with van der Waals surface area (Å²) < 4.78 is 1.65. The highest BCUT2D eigenvalue weighted by molar-refractivity contribution is 5.95. The fourth-order valence-electron chi connectivity index (χ4n) is 1.58. The van der Waals surface area contributed by atoms with Crippen LogP contribution in [0.25, 0.3) is 0 Å². The van der Waals surface area contributed by atoms with Crippen molar-refractivity contribution in [2.24, 2.45) is 0 Å². The molecule has 16 heavy (non-hydrogen) atoms. The average molecular weight is 217 g/mol. The van der Waals surface area contributed by atoms with Gasteiger partial charge in [0.15, 0.2) is 0 Å². The van der Waals surface area contributed by atoms with Crippen molar-refractivity contribution in [1.29, 1.82) is 0 Å². The molecule has 3 N–H and O–H groups in total. The third-order valence-corrected chi connectivity index (χ3v) is 2.29. The predicted octanol–water partition coefficient (Wildman–Crippen LogP) is 1.21. The fourth-order valence-corrected chi connectivity index (χ4v) is 1.58. The number of nitrogens with zero attached hydrogens (tertiary/aromatic N) is 2. The van der Waals surface area contributed by atoms with Crippen LogP contribution >= 0.6 is 0 Å². The smallest absolute Gasteiger partial charge is 0.338 e. The van der Waals surface area contributed by atoms with Crippen LogP contribution in [0.2, 0.25) is 0 Å². The number of benzene rings is 1. The second-order valence-electron chi connectivity index (χ2n) is 3.39. The predicted molar refractivity (Wildman–Crippen MR) is 59.1 cm³/mol. The molecular weight excluding hydrogens is 206 g/mol. The van der Waals surface area contributed by atoms with Crippen molar-refractivity contribution in [3.8, 4) is 0 Å². The Morgan fingerprint density at radius 2 is 2.25 bits per heavy atom. The molecule has 0 spiro atoms. The Balaban J connectivity index is 2.40. The van der Waals surface area contributed by atoms with E-state index in [1.54, 1.807) is 41.3 Å². The summed E-state index contributed by atoms with van der Waals surface area (Å²) in [5.41, 5.74) is 6.72. The number of carboxylic acids is 1. The molecule has 0 radical (unpaired) electrons. The van der Waals surface area contributed by atoms with Crippen LogP contribution in [0.5, 0.6) is 0 Å². The maximum absolute atomic E-state index is 11.1. The van der Waals surface area contributed by atoms with Crippen molar-refractivity contribution in [1.82, 2.24) is 9.78 Å². The fraction of sp³-hybridized carbons (Fsp3) is 0.0909. The van der Waals surface area contributed by atoms with Gasteiger partial charge in [-0.15, -0.1) is 0 Å². The highest BCUT2D eigenvalue weighted by Crippen LogP contribution is 2.17. The zero-order valence-corrected chi connectivity index (χ0v) is 8.50. The van der Waals surface area contributed by atoms with Gasteiger partial charge < -0.3 is 10.8 Å². The van der Waals surface area contributed by atoms with Crippen LogP contribution in [-0.4, -0.2) is 20.9 Å². The summed E-state index contributed by atoms with van der Waals surface area (Å²) in [5, 5.41) is 13.1. The van der Waals surface area contributed by atoms with Crippen molar-refractivity contribution < 1.29 is 9.90 Å². The Bertz CT molecular complexity index is 506. The van der Waals surface area contributed by atoms with Crippen LogP contribution in [0.4, 0.5) is 5.69 Å². The van der Waals surface area contributed by atoms with E-state index in [2.05, 4.69) is 5.10 Å². The second-order valence-corrected chi connectivity index (χ2v) is 3.39. The first-order chi connectivity index (χ1) is 7.68. The van der Waals surface area contributed by atoms with E-state index in [0.29, 0.717) is 12.1 Å². The lowest BCUT2D eigenvalue weighted by atomic mass is 10.1. The zero-order chi connectivity index (χ0) is 11.5. The van der Waals surface area contributed by atoms with Crippen molar-refractivity contribution in [2.45, 2.75) is 6.54 Å². The molecule has 0 bridgehead atoms. The molecule has 0 aliphatic rings. The number of aromatic carboxylic acids is 1. The van der Waals surface area contributed by atoms with E-state index in [1.165, 1.54) is 0 Å². The maximum atomic E-state index is 11.1. The molecule has 0 unspecified atom stereocenters. The summed E-state index contributed by atoms with van der Waals surface area (Å²) >= 11 is 0. The summed E-state index contributed by atoms with van der Waals surface area (Å²) in [5.74, 6) is -1.01. The molecule has 0 fully saturated rings. The molecule has 0 saturated carbocycles. The summed E-state index contributed by atoms with van der Waals surface area (Å²) in [6.07, 6.45) is 3.42. The Morgan fingerprint density at radius 1 is 1.44 bits per heavy atom. The quantitative estimate of drug-likeness (QED) is 0.757. The highest BCUT2D eigenvalue weighted by atomic mass is 16.4. The van der Waals surface area contributed by atoms with E-state index in [9.17, 15) is 4.79 Å². The van der Waals surface area contributed by atoms with Crippen LogP contribution in [0.3, 0.4) is 0 Å². The summed E-state index contributed by atoms with van der Waals surface area (Å²) in [6.45, 7) is 0.402. The highest BCUT2D eigenvalue weighted by Gasteiger charge is 2.13. The molecule has 0 amide bonds. The van der Waals surface area contributed by atoms with Crippen molar-refractivity contribution in [2.75, 3.05) is 5.73 Å². The molecule has 0 aliphatic carbocycles. The summed E-state index contributed by atoms with van der Waals surface area (Å²) in [7, 11) is 0. The number of hydrogen-bond donors (Lipinski definition) is 2. The van der Waals surface area contributed by atoms with E-state index in [0.717, 1.165) is 0 Å². The molecule has 2 rings (SSSR count). The van der Waals surface area contributed by atoms with Gasteiger partial charge in [-0.05, 0) is 17.7 Å². The molecule has 1 heterocycles. The molecule has 0 atom stereocenters. The Labute approximate surface area is 92.1 Å². The van der Waals surface area contributed by atoms with E-state index >= 15 is 0 Å². The van der Waals surface area contributed by atoms with E-state index in [4.69, 9.17) is 10.8 Å². The minimum absolute atomic E-state index is 0.151. The van der Waals surface area contributed by atoms with Crippen LogP contribution < -0.4 is 5.73 Å². The van der Waals surface area contributed by atoms with Gasteiger partial charge in [-0.3, -0.25) is 4.68 Å². The van der Waals surface area contributed by atoms with Crippen molar-refractivity contribution >= 4 is 11.7 Å². The lowest BCUT2D eigenvalue weighted by Gasteiger charge is -2.08. The number of aromatic nitrogens is 2. The van der Waals surface area contributed by atoms with Crippen LogP contribution in [0, 0.1) is 0 Å². The minimum Gasteiger partial charge on any atom is -0.478 e. The number of anilines is 1. The van der Waals surface area contributed by atoms with Crippen LogP contribution in [0.1, 0.15) is 15.9 Å². The third kappa shape index (κ3) is 1.88. The maximum Gasteiger partial charge on any atom is 0.338 e. The van der Waals surface area contributed by atoms with Crippen LogP contribution in [-0.2, 0) is 6.54 Å². The van der Waals surface area contributed by atoms with Gasteiger partial charge in [0.25, 0.3) is 0 Å². The monoisotopic (exact) mass is 217 g/mol. The largest absolute Gasteiger partial charge is 0.478 e. The number of carbonyl (C=O) groups is 1. The number of carboxylic acid groups (broad SMARTS) is 1. The molecule has 82 valence electrons. The van der Waals surface area contributed by atoms with Gasteiger partial charge in [-0.1, -0.05) is 12.1 Å². The first-order valence-corrected chi connectivity index (χ1v) is 4.76. The number of hydrogen-bond acceptors (Lipinski definition) is 3. The van der Waals surface area contributed by atoms with Crippen LogP contribution in [0.15, 0.2) is 36.7 Å². The van der Waals surface area contributed by atoms with Gasteiger partial charge in [0.1, 0.15) is 0 Å². The first-order valence-electron chi connectivity index (χ1n) is 4.76. The molecule has 1 aromatic carbocycles. The van der Waals surface area contributed by atoms with E-state index in [1.807, 2.05) is 0 Å². The average Bonchev–Trinajstić information content (AvgIpc) is 2.70. The normalized spacial score (nSPS) is 10.2. The van der Waals surface area contributed by atoms with Gasteiger partial charge in [-0.25, -0.2) is 4.79 Å². The first kappa shape index (κ1) is 10.2. The third-order valence-electron chi connectivity index (χ3n) is 2.29. The van der Waals surface area contributed by atoms with E-state index in [-0.39, 0.29) is 11.3 Å². The van der Waals surface area contributed by atoms with Gasteiger partial charge in [0.05, 0.1) is 12.1 Å². The lowest BCUT2D eigenvalue weighted by Crippen LogP contribution is -2.10. The Hall–Kier alpha value is -2.30. The molecular formula is C11H11N3O2. The van der Waals surface area contributed by atoms with Crippen molar-refractivity contribution in [3.63, 3.8) is 0 Å². The summed E-state index contributed by atoms with van der Waals surface area (Å²) in [4.78, 5) is 11.1. The number of nitrogens with two attached hydrogens (primary N) is 1. The molecule has 1 aromatic heterocycles. The van der Waals surface area contributed by atoms with Gasteiger partial charge in [0, 0.05) is 18.1 Å². The minimum atomic E-state index is -1.01. The van der Waals surface area contributed by atoms with Gasteiger partial charge in [-0.2, -0.15) is 5.10 Å². The molecule has 5 heteroatoms. The Kier molecular flexibility index (Phi) is 2.59. The molecule has 5 nitrogen and oxygen atoms in total. The topological polar surface area (TPSA) is 81.1 Å². The summed E-state index contributed by atoms with van der Waals surface area (Å²) in [6, 6.07) is 6.84. The van der Waals surface area contributed by atoms with Gasteiger partial charge in [0.2, 0.25) is 0 Å².